The van der Waals surface area contributed by atoms with E-state index in [9.17, 15) is 31.1 Å². The first kappa shape index (κ1) is 15.4. The SMILES string of the molecule is O=C(c1ccc(F)c(Cl)c1)c1c(F)c(F)c(F)c(F)c1F. The van der Waals surface area contributed by atoms with Crippen molar-refractivity contribution in [1.82, 2.24) is 0 Å². The van der Waals surface area contributed by atoms with Crippen molar-refractivity contribution in [3.63, 3.8) is 0 Å². The first-order chi connectivity index (χ1) is 9.75. The van der Waals surface area contributed by atoms with Gasteiger partial charge in [0, 0.05) is 5.56 Å². The van der Waals surface area contributed by atoms with Crippen LogP contribution in [0.5, 0.6) is 0 Å². The Kier molecular flexibility index (Phi) is 3.95. The van der Waals surface area contributed by atoms with Gasteiger partial charge in [0.2, 0.25) is 5.82 Å². The van der Waals surface area contributed by atoms with Gasteiger partial charge in [0.05, 0.1) is 5.02 Å². The maximum atomic E-state index is 13.5. The van der Waals surface area contributed by atoms with E-state index in [1.54, 1.807) is 0 Å². The first-order valence-electron chi connectivity index (χ1n) is 5.27. The summed E-state index contributed by atoms with van der Waals surface area (Å²) in [5, 5.41) is -0.537. The van der Waals surface area contributed by atoms with E-state index < -0.39 is 56.8 Å². The number of hydrogen-bond acceptors (Lipinski definition) is 1. The average molecular weight is 325 g/mol. The second-order valence-corrected chi connectivity index (χ2v) is 4.31. The van der Waals surface area contributed by atoms with Gasteiger partial charge < -0.3 is 0 Å². The highest BCUT2D eigenvalue weighted by Crippen LogP contribution is 2.26. The largest absolute Gasteiger partial charge is 0.288 e. The van der Waals surface area contributed by atoms with Gasteiger partial charge >= 0.3 is 0 Å². The molecule has 0 aliphatic rings. The highest BCUT2D eigenvalue weighted by Gasteiger charge is 2.30. The van der Waals surface area contributed by atoms with Crippen LogP contribution in [0.3, 0.4) is 0 Å². The molecule has 0 fully saturated rings. The molecule has 0 aromatic heterocycles. The average Bonchev–Trinajstić information content (AvgIpc) is 2.46. The lowest BCUT2D eigenvalue weighted by Gasteiger charge is -2.08. The summed E-state index contributed by atoms with van der Waals surface area (Å²) in [6, 6.07) is 2.25. The number of ketones is 1. The Bertz CT molecular complexity index is 730. The summed E-state index contributed by atoms with van der Waals surface area (Å²) in [5.41, 5.74) is -2.15. The van der Waals surface area contributed by atoms with E-state index in [1.165, 1.54) is 0 Å². The third-order valence-electron chi connectivity index (χ3n) is 2.62. The molecule has 0 heterocycles. The Morgan fingerprint density at radius 1 is 0.810 bits per heavy atom. The van der Waals surface area contributed by atoms with Crippen LogP contribution in [0.25, 0.3) is 0 Å². The number of benzene rings is 2. The van der Waals surface area contributed by atoms with Crippen molar-refractivity contribution in [2.75, 3.05) is 0 Å². The van der Waals surface area contributed by atoms with Gasteiger partial charge in [-0.2, -0.15) is 0 Å². The Hall–Kier alpha value is -2.02. The van der Waals surface area contributed by atoms with Crippen LogP contribution in [0, 0.1) is 34.9 Å². The summed E-state index contributed by atoms with van der Waals surface area (Å²) in [4.78, 5) is 11.9. The predicted octanol–water partition coefficient (Wildman–Crippen LogP) is 4.41. The van der Waals surface area contributed by atoms with Crippen molar-refractivity contribution in [2.45, 2.75) is 0 Å². The number of carbonyl (C=O) groups is 1. The van der Waals surface area contributed by atoms with Crippen LogP contribution in [-0.2, 0) is 0 Å². The van der Waals surface area contributed by atoms with Gasteiger partial charge in [-0.15, -0.1) is 0 Å². The second kappa shape index (κ2) is 5.40. The van der Waals surface area contributed by atoms with E-state index in [0.29, 0.717) is 0 Å². The molecular weight excluding hydrogens is 322 g/mol. The topological polar surface area (TPSA) is 17.1 Å². The molecule has 0 unspecified atom stereocenters. The monoisotopic (exact) mass is 324 g/mol. The van der Waals surface area contributed by atoms with Crippen LogP contribution >= 0.6 is 11.6 Å². The summed E-state index contributed by atoms with van der Waals surface area (Å²) < 4.78 is 78.8. The first-order valence-corrected chi connectivity index (χ1v) is 5.64. The van der Waals surface area contributed by atoms with Crippen LogP contribution in [0.1, 0.15) is 15.9 Å². The van der Waals surface area contributed by atoms with Gasteiger partial charge in [-0.1, -0.05) is 11.6 Å². The Balaban J connectivity index is 2.66. The zero-order valence-corrected chi connectivity index (χ0v) is 10.5. The van der Waals surface area contributed by atoms with E-state index in [1.807, 2.05) is 0 Å². The van der Waals surface area contributed by atoms with E-state index in [0.717, 1.165) is 18.2 Å². The number of rotatable bonds is 2. The third kappa shape index (κ3) is 2.49. The lowest BCUT2D eigenvalue weighted by Crippen LogP contribution is -2.13. The Morgan fingerprint density at radius 3 is 1.76 bits per heavy atom. The van der Waals surface area contributed by atoms with Crippen molar-refractivity contribution in [1.29, 1.82) is 0 Å². The zero-order valence-electron chi connectivity index (χ0n) is 9.79. The molecule has 0 saturated heterocycles. The maximum Gasteiger partial charge on any atom is 0.200 e. The molecule has 0 aliphatic heterocycles. The minimum absolute atomic E-state index is 0.524. The van der Waals surface area contributed by atoms with Crippen LogP contribution in [0.15, 0.2) is 18.2 Å². The molecule has 0 N–H and O–H groups in total. The molecule has 0 spiro atoms. The third-order valence-corrected chi connectivity index (χ3v) is 2.91. The smallest absolute Gasteiger partial charge is 0.200 e. The minimum Gasteiger partial charge on any atom is -0.288 e. The predicted molar refractivity (Wildman–Crippen MR) is 61.1 cm³/mol. The highest BCUT2D eigenvalue weighted by molar-refractivity contribution is 6.31. The molecule has 0 amide bonds. The molecule has 2 rings (SSSR count). The normalized spacial score (nSPS) is 10.8. The Labute approximate surface area is 118 Å². The van der Waals surface area contributed by atoms with E-state index >= 15 is 0 Å². The van der Waals surface area contributed by atoms with Gasteiger partial charge in [0.15, 0.2) is 29.1 Å². The summed E-state index contributed by atoms with van der Waals surface area (Å²) in [6.45, 7) is 0. The summed E-state index contributed by atoms with van der Waals surface area (Å²) in [7, 11) is 0. The van der Waals surface area contributed by atoms with Crippen molar-refractivity contribution in [3.05, 3.63) is 69.3 Å². The lowest BCUT2D eigenvalue weighted by atomic mass is 10.0. The number of halogens is 7. The van der Waals surface area contributed by atoms with Crippen molar-refractivity contribution < 1.29 is 31.1 Å². The molecule has 0 radical (unpaired) electrons. The van der Waals surface area contributed by atoms with E-state index in [4.69, 9.17) is 11.6 Å². The van der Waals surface area contributed by atoms with Crippen LogP contribution in [0.4, 0.5) is 26.3 Å². The molecule has 2 aromatic rings. The van der Waals surface area contributed by atoms with Gasteiger partial charge in [0.1, 0.15) is 11.4 Å². The van der Waals surface area contributed by atoms with Crippen LogP contribution in [-0.4, -0.2) is 5.78 Å². The van der Waals surface area contributed by atoms with E-state index in [-0.39, 0.29) is 0 Å². The van der Waals surface area contributed by atoms with Gasteiger partial charge in [-0.3, -0.25) is 4.79 Å². The lowest BCUT2D eigenvalue weighted by molar-refractivity contribution is 0.102. The number of carbonyl (C=O) groups excluding carboxylic acids is 1. The highest BCUT2D eigenvalue weighted by atomic mass is 35.5. The number of hydrogen-bond donors (Lipinski definition) is 0. The fourth-order valence-corrected chi connectivity index (χ4v) is 1.77. The Morgan fingerprint density at radius 2 is 1.29 bits per heavy atom. The molecule has 2 aromatic carbocycles. The maximum absolute atomic E-state index is 13.5. The second-order valence-electron chi connectivity index (χ2n) is 3.90. The fourth-order valence-electron chi connectivity index (χ4n) is 1.59. The fraction of sp³-hybridized carbons (Fsp3) is 0. The molecule has 21 heavy (non-hydrogen) atoms. The summed E-state index contributed by atoms with van der Waals surface area (Å²) >= 11 is 5.39. The van der Waals surface area contributed by atoms with Gasteiger partial charge in [-0.05, 0) is 18.2 Å². The molecule has 0 aliphatic carbocycles. The minimum atomic E-state index is -2.38. The molecular formula is C13H3ClF6O. The quantitative estimate of drug-likeness (QED) is 0.346. The van der Waals surface area contributed by atoms with E-state index in [2.05, 4.69) is 0 Å². The molecule has 1 nitrogen and oxygen atoms in total. The molecule has 8 heteroatoms. The van der Waals surface area contributed by atoms with Crippen LogP contribution in [0.2, 0.25) is 5.02 Å². The molecule has 0 bridgehead atoms. The zero-order chi connectivity index (χ0) is 15.9. The van der Waals surface area contributed by atoms with Gasteiger partial charge in [0.25, 0.3) is 0 Å². The molecule has 0 atom stereocenters. The standard InChI is InChI=1S/C13H3ClF6O/c14-5-3-4(1-2-6(5)15)13(21)7-8(16)10(18)12(20)11(19)9(7)17/h1-3H. The van der Waals surface area contributed by atoms with Crippen LogP contribution < -0.4 is 0 Å². The van der Waals surface area contributed by atoms with Gasteiger partial charge in [-0.25, -0.2) is 26.3 Å². The summed E-state index contributed by atoms with van der Waals surface area (Å²) in [5.74, 6) is -13.8. The van der Waals surface area contributed by atoms with Crippen molar-refractivity contribution in [2.24, 2.45) is 0 Å². The molecule has 110 valence electrons. The van der Waals surface area contributed by atoms with Crippen molar-refractivity contribution >= 4 is 17.4 Å². The van der Waals surface area contributed by atoms with Crippen molar-refractivity contribution in [3.8, 4) is 0 Å². The molecule has 0 saturated carbocycles. The summed E-state index contributed by atoms with van der Waals surface area (Å²) in [6.07, 6.45) is 0.